The van der Waals surface area contributed by atoms with E-state index >= 15 is 0 Å². The van der Waals surface area contributed by atoms with Crippen LogP contribution in [-0.2, 0) is 9.84 Å². The van der Waals surface area contributed by atoms with Gasteiger partial charge in [0.25, 0.3) is 0 Å². The fourth-order valence-electron chi connectivity index (χ4n) is 4.59. The molecular weight excluding hydrogens is 418 g/mol. The first kappa shape index (κ1) is 18.5. The number of aliphatic imine (C=N–C) groups is 1. The van der Waals surface area contributed by atoms with Crippen LogP contribution < -0.4 is 15.1 Å². The molecule has 0 radical (unpaired) electrons. The number of hydrogen-bond donors (Lipinski definition) is 1. The van der Waals surface area contributed by atoms with E-state index < -0.39 is 9.84 Å². The van der Waals surface area contributed by atoms with Crippen molar-refractivity contribution >= 4 is 44.6 Å². The second kappa shape index (κ2) is 6.13. The number of sulfone groups is 1. The van der Waals surface area contributed by atoms with Crippen molar-refractivity contribution in [1.82, 2.24) is 24.6 Å². The zero-order valence-corrected chi connectivity index (χ0v) is 18.0. The number of nitrogens with zero attached hydrogens (tertiary/aromatic N) is 8. The molecule has 6 heterocycles. The Hall–Kier alpha value is -3.28. The molecular formula is C19H21N9O2S. The van der Waals surface area contributed by atoms with Crippen molar-refractivity contribution in [3.05, 3.63) is 30.4 Å². The molecule has 1 fully saturated rings. The maximum absolute atomic E-state index is 12.0. The van der Waals surface area contributed by atoms with E-state index in [1.165, 1.54) is 6.33 Å². The SMILES string of the molecule is Cc1cc2ncnn2cc1Nc1ncc2c(n1)N1C(=NCC13CCS(=O)(=O)CC3)N2C. The van der Waals surface area contributed by atoms with Gasteiger partial charge in [-0.05, 0) is 31.4 Å². The number of fused-ring (bicyclic) bond motifs is 5. The molecule has 0 aliphatic carbocycles. The van der Waals surface area contributed by atoms with Crippen molar-refractivity contribution in [3.63, 3.8) is 0 Å². The first-order chi connectivity index (χ1) is 14.9. The summed E-state index contributed by atoms with van der Waals surface area (Å²) in [5.41, 5.74) is 3.12. The average Bonchev–Trinajstić information content (AvgIpc) is 3.41. The molecule has 1 N–H and O–H groups in total. The Morgan fingerprint density at radius 3 is 2.81 bits per heavy atom. The summed E-state index contributed by atoms with van der Waals surface area (Å²) >= 11 is 0. The lowest BCUT2D eigenvalue weighted by Gasteiger charge is -2.39. The van der Waals surface area contributed by atoms with Crippen LogP contribution in [0.4, 0.5) is 23.1 Å². The van der Waals surface area contributed by atoms with Crippen LogP contribution in [0, 0.1) is 6.92 Å². The smallest absolute Gasteiger partial charge is 0.229 e. The fraction of sp³-hybridized carbons (Fsp3) is 0.421. The van der Waals surface area contributed by atoms with E-state index in [0.29, 0.717) is 25.3 Å². The van der Waals surface area contributed by atoms with Crippen molar-refractivity contribution in [3.8, 4) is 0 Å². The molecule has 0 aromatic carbocycles. The topological polar surface area (TPSA) is 121 Å². The van der Waals surface area contributed by atoms with Crippen LogP contribution in [0.1, 0.15) is 18.4 Å². The Kier molecular flexibility index (Phi) is 3.65. The zero-order chi connectivity index (χ0) is 21.4. The second-order valence-corrected chi connectivity index (χ2v) is 10.7. The first-order valence-corrected chi connectivity index (χ1v) is 11.9. The number of aryl methyl sites for hydroxylation is 1. The second-order valence-electron chi connectivity index (χ2n) is 8.35. The van der Waals surface area contributed by atoms with Crippen molar-refractivity contribution in [2.24, 2.45) is 4.99 Å². The van der Waals surface area contributed by atoms with Crippen molar-refractivity contribution in [1.29, 1.82) is 0 Å². The van der Waals surface area contributed by atoms with Crippen LogP contribution in [0.2, 0.25) is 0 Å². The van der Waals surface area contributed by atoms with Gasteiger partial charge in [-0.1, -0.05) is 0 Å². The Morgan fingerprint density at radius 1 is 1.19 bits per heavy atom. The van der Waals surface area contributed by atoms with Crippen LogP contribution >= 0.6 is 0 Å². The van der Waals surface area contributed by atoms with E-state index in [1.54, 1.807) is 10.7 Å². The van der Waals surface area contributed by atoms with Gasteiger partial charge in [0, 0.05) is 7.05 Å². The highest BCUT2D eigenvalue weighted by molar-refractivity contribution is 7.91. The van der Waals surface area contributed by atoms with Gasteiger partial charge in [-0.25, -0.2) is 27.9 Å². The van der Waals surface area contributed by atoms with Crippen molar-refractivity contribution in [2.75, 3.05) is 40.2 Å². The standard InChI is InChI=1S/C19H21N9O2S/c1-12-7-15-22-11-23-27(15)9-13(12)24-17-20-8-14-16(25-17)28-18(26(14)2)21-10-19(28)3-5-31(29,30)6-4-19/h7-9,11H,3-6,10H2,1-2H3,(H,20,24,25). The van der Waals surface area contributed by atoms with E-state index in [2.05, 4.69) is 25.3 Å². The van der Waals surface area contributed by atoms with Crippen molar-refractivity contribution < 1.29 is 8.42 Å². The number of guanidine groups is 1. The van der Waals surface area contributed by atoms with Gasteiger partial charge >= 0.3 is 0 Å². The molecule has 1 saturated heterocycles. The minimum absolute atomic E-state index is 0.179. The Balaban J connectivity index is 1.37. The summed E-state index contributed by atoms with van der Waals surface area (Å²) in [5.74, 6) is 2.38. The van der Waals surface area contributed by atoms with Gasteiger partial charge in [0.1, 0.15) is 12.0 Å². The highest BCUT2D eigenvalue weighted by Crippen LogP contribution is 2.46. The summed E-state index contributed by atoms with van der Waals surface area (Å²) < 4.78 is 25.8. The predicted octanol–water partition coefficient (Wildman–Crippen LogP) is 1.14. The van der Waals surface area contributed by atoms with Gasteiger partial charge in [0.15, 0.2) is 21.3 Å². The largest absolute Gasteiger partial charge is 0.323 e. The van der Waals surface area contributed by atoms with E-state index in [9.17, 15) is 8.42 Å². The van der Waals surface area contributed by atoms with Crippen LogP contribution in [0.15, 0.2) is 29.8 Å². The van der Waals surface area contributed by atoms with Crippen LogP contribution in [0.3, 0.4) is 0 Å². The molecule has 0 amide bonds. The van der Waals surface area contributed by atoms with Gasteiger partial charge in [0.05, 0.1) is 41.7 Å². The maximum Gasteiger partial charge on any atom is 0.229 e. The minimum atomic E-state index is -2.98. The zero-order valence-electron chi connectivity index (χ0n) is 17.1. The average molecular weight is 440 g/mol. The minimum Gasteiger partial charge on any atom is -0.323 e. The van der Waals surface area contributed by atoms with Crippen LogP contribution in [0.5, 0.6) is 0 Å². The molecule has 3 aliphatic heterocycles. The van der Waals surface area contributed by atoms with Gasteiger partial charge in [-0.2, -0.15) is 10.1 Å². The quantitative estimate of drug-likeness (QED) is 0.626. The van der Waals surface area contributed by atoms with E-state index in [1.807, 2.05) is 31.1 Å². The number of anilines is 4. The third kappa shape index (κ3) is 2.70. The summed E-state index contributed by atoms with van der Waals surface area (Å²) in [6.45, 7) is 2.57. The maximum atomic E-state index is 12.0. The Labute approximate surface area is 178 Å². The molecule has 11 nitrogen and oxygen atoms in total. The molecule has 3 aromatic heterocycles. The third-order valence-electron chi connectivity index (χ3n) is 6.44. The molecule has 0 saturated carbocycles. The highest BCUT2D eigenvalue weighted by atomic mass is 32.2. The first-order valence-electron chi connectivity index (χ1n) is 10.1. The van der Waals surface area contributed by atoms with Gasteiger partial charge in [0.2, 0.25) is 11.9 Å². The molecule has 12 heteroatoms. The van der Waals surface area contributed by atoms with Crippen LogP contribution in [0.25, 0.3) is 5.65 Å². The predicted molar refractivity (Wildman–Crippen MR) is 117 cm³/mol. The lowest BCUT2D eigenvalue weighted by Crippen LogP contribution is -2.54. The summed E-state index contributed by atoms with van der Waals surface area (Å²) in [5, 5.41) is 7.48. The van der Waals surface area contributed by atoms with E-state index in [4.69, 9.17) is 9.98 Å². The summed E-state index contributed by atoms with van der Waals surface area (Å²) in [6.07, 6.45) is 6.24. The summed E-state index contributed by atoms with van der Waals surface area (Å²) in [6, 6.07) is 1.94. The van der Waals surface area contributed by atoms with Gasteiger partial charge in [-0.15, -0.1) is 0 Å². The Bertz CT molecular complexity index is 1350. The number of rotatable bonds is 2. The molecule has 0 unspecified atom stereocenters. The molecule has 160 valence electrons. The number of pyridine rings is 1. The molecule has 6 rings (SSSR count). The number of hydrogen-bond acceptors (Lipinski definition) is 10. The Morgan fingerprint density at radius 2 is 2.00 bits per heavy atom. The lowest BCUT2D eigenvalue weighted by molar-refractivity contribution is 0.408. The number of aromatic nitrogens is 5. The normalized spacial score (nSPS) is 20.8. The molecule has 3 aliphatic rings. The molecule has 1 spiro atoms. The van der Waals surface area contributed by atoms with E-state index in [-0.39, 0.29) is 17.0 Å². The summed E-state index contributed by atoms with van der Waals surface area (Å²) in [4.78, 5) is 22.4. The van der Waals surface area contributed by atoms with Crippen LogP contribution in [-0.4, -0.2) is 69.6 Å². The lowest BCUT2D eigenvalue weighted by atomic mass is 9.91. The molecule has 31 heavy (non-hydrogen) atoms. The van der Waals surface area contributed by atoms with Gasteiger partial charge < -0.3 is 10.2 Å². The molecule has 0 atom stereocenters. The fourth-order valence-corrected chi connectivity index (χ4v) is 6.18. The summed E-state index contributed by atoms with van der Waals surface area (Å²) in [7, 11) is -1.04. The molecule has 0 bridgehead atoms. The monoisotopic (exact) mass is 439 g/mol. The van der Waals surface area contributed by atoms with Crippen molar-refractivity contribution in [2.45, 2.75) is 25.3 Å². The van der Waals surface area contributed by atoms with E-state index in [0.717, 1.165) is 34.4 Å². The highest BCUT2D eigenvalue weighted by Gasteiger charge is 2.52. The third-order valence-corrected chi connectivity index (χ3v) is 8.09. The van der Waals surface area contributed by atoms with Gasteiger partial charge in [-0.3, -0.25) is 4.90 Å². The number of nitrogens with one attached hydrogen (secondary N) is 1. The molecule has 3 aromatic rings.